The maximum absolute atomic E-state index is 13.2. The van der Waals surface area contributed by atoms with Crippen LogP contribution in [-0.4, -0.2) is 63.3 Å². The second kappa shape index (κ2) is 17.2. The standard InChI is InChI=1S/C32H38ClN3O8/c1-4-43-32(40)29-25(36-20(2)27(31(39)41-3)28(29)22-12-8-9-13-23(22)33)19-42-17-16-35-26(37)15-14-24(34)30(38)44-18-21-10-6-5-7-11-21/h5-13,24,28,36H,4,14-19,34H2,1-3H3,(H,35,37)/t24-,28?/m0/s1. The first-order chi connectivity index (χ1) is 21.2. The van der Waals surface area contributed by atoms with Gasteiger partial charge in [0.05, 0.1) is 49.7 Å². The lowest BCUT2D eigenvalue weighted by molar-refractivity contribution is -0.147. The number of allylic oxidation sites excluding steroid dienone is 1. The number of methoxy groups -OCH3 is 1. The molecule has 11 nitrogen and oxygen atoms in total. The molecule has 0 aliphatic carbocycles. The summed E-state index contributed by atoms with van der Waals surface area (Å²) in [5.74, 6) is -3.00. The number of nitrogens with one attached hydrogen (secondary N) is 2. The Hall–Kier alpha value is -4.19. The fourth-order valence-corrected chi connectivity index (χ4v) is 4.87. The number of rotatable bonds is 15. The molecule has 1 unspecified atom stereocenters. The zero-order chi connectivity index (χ0) is 32.1. The molecule has 2 aromatic carbocycles. The van der Waals surface area contributed by atoms with Gasteiger partial charge in [-0.15, -0.1) is 0 Å². The van der Waals surface area contributed by atoms with Crippen molar-refractivity contribution in [3.05, 3.63) is 93.3 Å². The van der Waals surface area contributed by atoms with Crippen molar-refractivity contribution in [2.45, 2.75) is 45.3 Å². The zero-order valence-corrected chi connectivity index (χ0v) is 25.8. The van der Waals surface area contributed by atoms with E-state index >= 15 is 0 Å². The molecule has 0 saturated carbocycles. The molecule has 0 aromatic heterocycles. The Bertz CT molecular complexity index is 1390. The minimum Gasteiger partial charge on any atom is -0.466 e. The van der Waals surface area contributed by atoms with Gasteiger partial charge < -0.3 is 35.3 Å². The summed E-state index contributed by atoms with van der Waals surface area (Å²) in [4.78, 5) is 50.5. The normalized spacial score (nSPS) is 15.2. The van der Waals surface area contributed by atoms with Gasteiger partial charge in [-0.2, -0.15) is 0 Å². The maximum Gasteiger partial charge on any atom is 0.336 e. The van der Waals surface area contributed by atoms with E-state index in [-0.39, 0.29) is 62.9 Å². The molecular weight excluding hydrogens is 590 g/mol. The van der Waals surface area contributed by atoms with E-state index in [1.165, 1.54) is 7.11 Å². The molecule has 0 saturated heterocycles. The van der Waals surface area contributed by atoms with Crippen molar-refractivity contribution in [3.8, 4) is 0 Å². The van der Waals surface area contributed by atoms with Gasteiger partial charge in [-0.3, -0.25) is 9.59 Å². The minimum absolute atomic E-state index is 0.0289. The average molecular weight is 628 g/mol. The number of hydrogen-bond acceptors (Lipinski definition) is 10. The van der Waals surface area contributed by atoms with Crippen molar-refractivity contribution in [2.75, 3.05) is 33.5 Å². The van der Waals surface area contributed by atoms with Crippen LogP contribution < -0.4 is 16.4 Å². The van der Waals surface area contributed by atoms with Crippen LogP contribution >= 0.6 is 11.6 Å². The number of nitrogens with two attached hydrogens (primary N) is 1. The molecule has 1 amide bonds. The van der Waals surface area contributed by atoms with Crippen LogP contribution in [0, 0.1) is 0 Å². The van der Waals surface area contributed by atoms with Crippen molar-refractivity contribution < 1.29 is 38.1 Å². The van der Waals surface area contributed by atoms with Crippen LogP contribution in [0.25, 0.3) is 0 Å². The summed E-state index contributed by atoms with van der Waals surface area (Å²) >= 11 is 6.52. The highest BCUT2D eigenvalue weighted by Crippen LogP contribution is 2.41. The Kier molecular flexibility index (Phi) is 13.4. The molecular formula is C32H38ClN3O8. The van der Waals surface area contributed by atoms with Crippen molar-refractivity contribution in [1.82, 2.24) is 10.6 Å². The summed E-state index contributed by atoms with van der Waals surface area (Å²) in [7, 11) is 1.26. The Balaban J connectivity index is 1.58. The lowest BCUT2D eigenvalue weighted by Gasteiger charge is -2.31. The topological polar surface area (TPSA) is 155 Å². The molecule has 2 aromatic rings. The summed E-state index contributed by atoms with van der Waals surface area (Å²) in [6, 6.07) is 15.2. The molecule has 4 N–H and O–H groups in total. The molecule has 0 bridgehead atoms. The maximum atomic E-state index is 13.2. The second-order valence-electron chi connectivity index (χ2n) is 9.86. The first-order valence-corrected chi connectivity index (χ1v) is 14.6. The fraction of sp³-hybridized carbons (Fsp3) is 0.375. The van der Waals surface area contributed by atoms with Gasteiger partial charge in [0.25, 0.3) is 0 Å². The van der Waals surface area contributed by atoms with Crippen molar-refractivity contribution in [3.63, 3.8) is 0 Å². The monoisotopic (exact) mass is 627 g/mol. The summed E-state index contributed by atoms with van der Waals surface area (Å²) in [6.45, 7) is 3.84. The van der Waals surface area contributed by atoms with E-state index in [2.05, 4.69) is 10.6 Å². The third-order valence-corrected chi connectivity index (χ3v) is 7.13. The molecule has 12 heteroatoms. The number of carbonyl (C=O) groups excluding carboxylic acids is 4. The molecule has 0 fully saturated rings. The molecule has 1 heterocycles. The summed E-state index contributed by atoms with van der Waals surface area (Å²) in [5.41, 5.74) is 8.52. The van der Waals surface area contributed by atoms with Crippen LogP contribution in [0.4, 0.5) is 0 Å². The minimum atomic E-state index is -0.927. The van der Waals surface area contributed by atoms with Gasteiger partial charge in [0.1, 0.15) is 12.6 Å². The number of benzene rings is 2. The van der Waals surface area contributed by atoms with Crippen LogP contribution in [0.5, 0.6) is 0 Å². The molecule has 236 valence electrons. The van der Waals surface area contributed by atoms with Crippen molar-refractivity contribution in [1.29, 1.82) is 0 Å². The van der Waals surface area contributed by atoms with E-state index in [0.29, 0.717) is 22.0 Å². The van der Waals surface area contributed by atoms with Gasteiger partial charge in [-0.05, 0) is 37.5 Å². The van der Waals surface area contributed by atoms with Crippen LogP contribution in [0.3, 0.4) is 0 Å². The first kappa shape index (κ1) is 34.3. The van der Waals surface area contributed by atoms with Gasteiger partial charge in [0, 0.05) is 23.7 Å². The van der Waals surface area contributed by atoms with Crippen LogP contribution in [0.15, 0.2) is 77.1 Å². The second-order valence-corrected chi connectivity index (χ2v) is 10.3. The Morgan fingerprint density at radius 3 is 2.36 bits per heavy atom. The number of esters is 3. The predicted molar refractivity (Wildman–Crippen MR) is 163 cm³/mol. The van der Waals surface area contributed by atoms with Crippen molar-refractivity contribution in [2.24, 2.45) is 5.73 Å². The third kappa shape index (κ3) is 9.40. The number of hydrogen-bond donors (Lipinski definition) is 3. The van der Waals surface area contributed by atoms with E-state index in [1.54, 1.807) is 38.1 Å². The van der Waals surface area contributed by atoms with Gasteiger partial charge >= 0.3 is 17.9 Å². The molecule has 0 spiro atoms. The van der Waals surface area contributed by atoms with E-state index < -0.39 is 29.9 Å². The van der Waals surface area contributed by atoms with Crippen LogP contribution in [0.2, 0.25) is 5.02 Å². The molecule has 0 radical (unpaired) electrons. The van der Waals surface area contributed by atoms with Crippen molar-refractivity contribution >= 4 is 35.4 Å². The third-order valence-electron chi connectivity index (χ3n) is 6.79. The number of ether oxygens (including phenoxy) is 4. The number of halogens is 1. The number of dihydropyridines is 1. The molecule has 1 aliphatic heterocycles. The van der Waals surface area contributed by atoms with Gasteiger partial charge in [0.2, 0.25) is 5.91 Å². The van der Waals surface area contributed by atoms with E-state index in [1.807, 2.05) is 30.3 Å². The SMILES string of the molecule is CCOC(=O)C1=C(COCCNC(=O)CC[C@H](N)C(=O)OCc2ccccc2)NC(C)=C(C(=O)OC)C1c1ccccc1Cl. The molecule has 1 aliphatic rings. The zero-order valence-electron chi connectivity index (χ0n) is 25.0. The number of carbonyl (C=O) groups is 4. The summed E-state index contributed by atoms with van der Waals surface area (Å²) < 4.78 is 21.4. The summed E-state index contributed by atoms with van der Waals surface area (Å²) in [6.07, 6.45) is 0.152. The smallest absolute Gasteiger partial charge is 0.336 e. The highest BCUT2D eigenvalue weighted by Gasteiger charge is 2.39. The van der Waals surface area contributed by atoms with E-state index in [9.17, 15) is 19.2 Å². The number of amides is 1. The summed E-state index contributed by atoms with van der Waals surface area (Å²) in [5, 5.41) is 6.18. The highest BCUT2D eigenvalue weighted by molar-refractivity contribution is 6.31. The lowest BCUT2D eigenvalue weighted by Crippen LogP contribution is -2.36. The fourth-order valence-electron chi connectivity index (χ4n) is 4.63. The van der Waals surface area contributed by atoms with E-state index in [0.717, 1.165) is 5.56 Å². The Labute approximate surface area is 261 Å². The molecule has 44 heavy (non-hydrogen) atoms. The highest BCUT2D eigenvalue weighted by atomic mass is 35.5. The van der Waals surface area contributed by atoms with Crippen LogP contribution in [0.1, 0.15) is 43.7 Å². The lowest BCUT2D eigenvalue weighted by atomic mass is 9.80. The Morgan fingerprint density at radius 1 is 0.977 bits per heavy atom. The van der Waals surface area contributed by atoms with Gasteiger partial charge in [0.15, 0.2) is 0 Å². The van der Waals surface area contributed by atoms with Crippen LogP contribution in [-0.2, 0) is 44.7 Å². The predicted octanol–water partition coefficient (Wildman–Crippen LogP) is 3.27. The van der Waals surface area contributed by atoms with Gasteiger partial charge in [-0.25, -0.2) is 9.59 Å². The largest absolute Gasteiger partial charge is 0.466 e. The molecule has 3 rings (SSSR count). The van der Waals surface area contributed by atoms with E-state index in [4.69, 9.17) is 36.3 Å². The van der Waals surface area contributed by atoms with Gasteiger partial charge in [-0.1, -0.05) is 60.1 Å². The average Bonchev–Trinajstić information content (AvgIpc) is 3.02. The quantitative estimate of drug-likeness (QED) is 0.152. The first-order valence-electron chi connectivity index (χ1n) is 14.2. The molecule has 2 atom stereocenters. The Morgan fingerprint density at radius 2 is 1.68 bits per heavy atom.